The van der Waals surface area contributed by atoms with Crippen LogP contribution >= 0.6 is 12.2 Å². The van der Waals surface area contributed by atoms with Crippen LogP contribution in [0.3, 0.4) is 0 Å². The summed E-state index contributed by atoms with van der Waals surface area (Å²) in [6.45, 7) is 6.29. The highest BCUT2D eigenvalue weighted by atomic mass is 32.1. The fraction of sp³-hybridized carbons (Fsp3) is 0.923. The summed E-state index contributed by atoms with van der Waals surface area (Å²) in [5.41, 5.74) is 5.71. The minimum absolute atomic E-state index is 0.376. The largest absolute Gasteiger partial charge is 0.393 e. The van der Waals surface area contributed by atoms with Crippen LogP contribution in [0.2, 0.25) is 0 Å². The van der Waals surface area contributed by atoms with Crippen LogP contribution in [-0.4, -0.2) is 69.7 Å². The van der Waals surface area contributed by atoms with Crippen molar-refractivity contribution >= 4 is 17.2 Å². The van der Waals surface area contributed by atoms with Crippen LogP contribution in [0.25, 0.3) is 0 Å². The first-order valence-electron chi connectivity index (χ1n) is 6.90. The Balaban J connectivity index is 1.95. The lowest BCUT2D eigenvalue weighted by molar-refractivity contribution is 0.0177. The highest BCUT2D eigenvalue weighted by Crippen LogP contribution is 2.16. The molecule has 0 aliphatic carbocycles. The normalized spacial score (nSPS) is 20.6. The second-order valence-electron chi connectivity index (χ2n) is 4.76. The number of hydrogen-bond donors (Lipinski definition) is 1. The number of thiocarbonyl (C=S) groups is 1. The molecule has 2 N–H and O–H groups in total. The first-order valence-corrected chi connectivity index (χ1v) is 7.31. The highest BCUT2D eigenvalue weighted by Gasteiger charge is 2.21. The third kappa shape index (κ3) is 7.79. The van der Waals surface area contributed by atoms with Crippen LogP contribution in [-0.2, 0) is 14.2 Å². The van der Waals surface area contributed by atoms with E-state index in [2.05, 4.69) is 4.90 Å². The van der Waals surface area contributed by atoms with Gasteiger partial charge in [-0.25, -0.2) is 0 Å². The maximum absolute atomic E-state index is 5.71. The van der Waals surface area contributed by atoms with Gasteiger partial charge in [0.1, 0.15) is 0 Å². The second-order valence-corrected chi connectivity index (χ2v) is 5.23. The highest BCUT2D eigenvalue weighted by molar-refractivity contribution is 7.80. The van der Waals surface area contributed by atoms with Gasteiger partial charge in [0.25, 0.3) is 0 Å². The number of hydrogen-bond acceptors (Lipinski definition) is 5. The molecule has 0 spiro atoms. The van der Waals surface area contributed by atoms with Crippen molar-refractivity contribution in [3.63, 3.8) is 0 Å². The number of nitrogens with two attached hydrogens (primary N) is 1. The standard InChI is InChI=1S/C13H26N2O3S/c1-16-7-8-18-10-9-17-6-5-15-4-2-3-12(11-15)13(14)19/h12H,2-11H2,1H3,(H2,14,19). The van der Waals surface area contributed by atoms with Gasteiger partial charge in [0.2, 0.25) is 0 Å². The molecule has 112 valence electrons. The average Bonchev–Trinajstić information content (AvgIpc) is 2.42. The van der Waals surface area contributed by atoms with E-state index in [4.69, 9.17) is 32.2 Å². The summed E-state index contributed by atoms with van der Waals surface area (Å²) in [4.78, 5) is 3.02. The van der Waals surface area contributed by atoms with Crippen molar-refractivity contribution in [3.05, 3.63) is 0 Å². The molecular formula is C13H26N2O3S. The fourth-order valence-electron chi connectivity index (χ4n) is 2.15. The van der Waals surface area contributed by atoms with E-state index in [1.807, 2.05) is 0 Å². The lowest BCUT2D eigenvalue weighted by Crippen LogP contribution is -2.41. The quantitative estimate of drug-likeness (QED) is 0.471. The molecule has 0 aromatic carbocycles. The molecule has 1 heterocycles. The molecule has 5 nitrogen and oxygen atoms in total. The van der Waals surface area contributed by atoms with Crippen molar-refractivity contribution < 1.29 is 14.2 Å². The van der Waals surface area contributed by atoms with E-state index in [-0.39, 0.29) is 0 Å². The third-order valence-corrected chi connectivity index (χ3v) is 3.60. The number of nitrogens with zero attached hydrogens (tertiary/aromatic N) is 1. The molecule has 1 unspecified atom stereocenters. The second kappa shape index (κ2) is 10.5. The van der Waals surface area contributed by atoms with Gasteiger partial charge in [-0.1, -0.05) is 12.2 Å². The summed E-state index contributed by atoms with van der Waals surface area (Å²) in [7, 11) is 1.67. The van der Waals surface area contributed by atoms with Crippen molar-refractivity contribution in [2.75, 3.05) is 59.8 Å². The Morgan fingerprint density at radius 1 is 1.21 bits per heavy atom. The SMILES string of the molecule is COCCOCCOCCN1CCCC(C(N)=S)C1. The van der Waals surface area contributed by atoms with Gasteiger partial charge in [-0.3, -0.25) is 0 Å². The molecule has 0 amide bonds. The Morgan fingerprint density at radius 3 is 2.58 bits per heavy atom. The van der Waals surface area contributed by atoms with Crippen molar-refractivity contribution in [3.8, 4) is 0 Å². The smallest absolute Gasteiger partial charge is 0.0771 e. The van der Waals surface area contributed by atoms with Crippen molar-refractivity contribution in [1.82, 2.24) is 4.90 Å². The zero-order chi connectivity index (χ0) is 13.9. The van der Waals surface area contributed by atoms with Crippen LogP contribution in [0.5, 0.6) is 0 Å². The Morgan fingerprint density at radius 2 is 1.89 bits per heavy atom. The number of piperidine rings is 1. The predicted molar refractivity (Wildman–Crippen MR) is 79.5 cm³/mol. The molecule has 0 radical (unpaired) electrons. The minimum atomic E-state index is 0.376. The van der Waals surface area contributed by atoms with Gasteiger partial charge in [-0.15, -0.1) is 0 Å². The molecule has 19 heavy (non-hydrogen) atoms. The Bertz CT molecular complexity index is 254. The predicted octanol–water partition coefficient (Wildman–Crippen LogP) is 0.664. The van der Waals surface area contributed by atoms with Crippen LogP contribution in [0.15, 0.2) is 0 Å². The number of methoxy groups -OCH3 is 1. The van der Waals surface area contributed by atoms with Crippen LogP contribution in [0.1, 0.15) is 12.8 Å². The lowest BCUT2D eigenvalue weighted by atomic mass is 9.98. The molecular weight excluding hydrogens is 264 g/mol. The molecule has 6 heteroatoms. The first kappa shape index (κ1) is 16.8. The van der Waals surface area contributed by atoms with Gasteiger partial charge >= 0.3 is 0 Å². The van der Waals surface area contributed by atoms with E-state index in [0.717, 1.165) is 32.7 Å². The van der Waals surface area contributed by atoms with E-state index in [9.17, 15) is 0 Å². The molecule has 0 bridgehead atoms. The summed E-state index contributed by atoms with van der Waals surface area (Å²) in [5, 5.41) is 0. The van der Waals surface area contributed by atoms with E-state index in [1.165, 1.54) is 6.42 Å². The van der Waals surface area contributed by atoms with Crippen molar-refractivity contribution in [2.45, 2.75) is 12.8 Å². The number of ether oxygens (including phenoxy) is 3. The summed E-state index contributed by atoms with van der Waals surface area (Å²) in [6.07, 6.45) is 2.29. The molecule has 1 saturated heterocycles. The molecule has 0 aromatic heterocycles. The molecule has 0 saturated carbocycles. The maximum atomic E-state index is 5.71. The maximum Gasteiger partial charge on any atom is 0.0771 e. The van der Waals surface area contributed by atoms with Gasteiger partial charge < -0.3 is 24.8 Å². The minimum Gasteiger partial charge on any atom is -0.393 e. The van der Waals surface area contributed by atoms with Crippen molar-refractivity contribution in [2.24, 2.45) is 11.7 Å². The van der Waals surface area contributed by atoms with E-state index < -0.39 is 0 Å². The molecule has 1 atom stereocenters. The van der Waals surface area contributed by atoms with E-state index in [1.54, 1.807) is 7.11 Å². The van der Waals surface area contributed by atoms with Crippen LogP contribution in [0, 0.1) is 5.92 Å². The Labute approximate surface area is 121 Å². The number of rotatable bonds is 10. The zero-order valence-electron chi connectivity index (χ0n) is 11.8. The molecule has 1 rings (SSSR count). The number of likely N-dealkylation sites (tertiary alicyclic amines) is 1. The van der Waals surface area contributed by atoms with Gasteiger partial charge in [-0.2, -0.15) is 0 Å². The van der Waals surface area contributed by atoms with Gasteiger partial charge in [-0.05, 0) is 19.4 Å². The molecule has 1 fully saturated rings. The van der Waals surface area contributed by atoms with Crippen LogP contribution in [0.4, 0.5) is 0 Å². The third-order valence-electron chi connectivity index (χ3n) is 3.26. The zero-order valence-corrected chi connectivity index (χ0v) is 12.6. The fourth-order valence-corrected chi connectivity index (χ4v) is 2.34. The van der Waals surface area contributed by atoms with Crippen LogP contribution < -0.4 is 5.73 Å². The topological polar surface area (TPSA) is 57.0 Å². The van der Waals surface area contributed by atoms with Gasteiger partial charge in [0.05, 0.1) is 38.0 Å². The van der Waals surface area contributed by atoms with Gasteiger partial charge in [0, 0.05) is 26.1 Å². The summed E-state index contributed by atoms with van der Waals surface area (Å²) >= 11 is 5.07. The van der Waals surface area contributed by atoms with Gasteiger partial charge in [0.15, 0.2) is 0 Å². The summed E-state index contributed by atoms with van der Waals surface area (Å²) in [6, 6.07) is 0. The summed E-state index contributed by atoms with van der Waals surface area (Å²) in [5.74, 6) is 0.376. The first-order chi connectivity index (χ1) is 9.24. The summed E-state index contributed by atoms with van der Waals surface area (Å²) < 4.78 is 15.7. The lowest BCUT2D eigenvalue weighted by Gasteiger charge is -2.31. The molecule has 1 aliphatic heterocycles. The molecule has 1 aliphatic rings. The average molecular weight is 290 g/mol. The van der Waals surface area contributed by atoms with Crippen molar-refractivity contribution in [1.29, 1.82) is 0 Å². The Kier molecular flexibility index (Phi) is 9.28. The van der Waals surface area contributed by atoms with E-state index >= 15 is 0 Å². The monoisotopic (exact) mass is 290 g/mol. The van der Waals surface area contributed by atoms with E-state index in [0.29, 0.717) is 37.3 Å². The molecule has 0 aromatic rings. The Hall–Kier alpha value is -0.270.